The molecule has 0 aliphatic carbocycles. The molecule has 0 saturated carbocycles. The first-order valence-corrected chi connectivity index (χ1v) is 5.94. The molecule has 0 aromatic heterocycles. The summed E-state index contributed by atoms with van der Waals surface area (Å²) in [5.41, 5.74) is 2.36. The lowest BCUT2D eigenvalue weighted by Gasteiger charge is -2.14. The van der Waals surface area contributed by atoms with E-state index in [1.165, 1.54) is 5.56 Å². The SMILES string of the molecule is CC(c1ccccc1)c1ccc(Cl)cc1Cl. The van der Waals surface area contributed by atoms with Crippen LogP contribution in [0.15, 0.2) is 48.5 Å². The van der Waals surface area contributed by atoms with Gasteiger partial charge >= 0.3 is 0 Å². The topological polar surface area (TPSA) is 0 Å². The van der Waals surface area contributed by atoms with E-state index in [0.29, 0.717) is 5.02 Å². The molecule has 82 valence electrons. The van der Waals surface area contributed by atoms with Gasteiger partial charge in [0.05, 0.1) is 0 Å². The Bertz CT molecular complexity index is 477. The third-order valence-electron chi connectivity index (χ3n) is 2.73. The summed E-state index contributed by atoms with van der Waals surface area (Å²) in [5, 5.41) is 1.40. The van der Waals surface area contributed by atoms with E-state index in [1.54, 1.807) is 6.07 Å². The molecule has 2 rings (SSSR count). The Morgan fingerprint density at radius 1 is 0.938 bits per heavy atom. The average Bonchev–Trinajstić information content (AvgIpc) is 2.29. The van der Waals surface area contributed by atoms with Gasteiger partial charge in [0.1, 0.15) is 0 Å². The number of halogens is 2. The highest BCUT2D eigenvalue weighted by molar-refractivity contribution is 6.35. The van der Waals surface area contributed by atoms with Crippen LogP contribution in [0.3, 0.4) is 0 Å². The van der Waals surface area contributed by atoms with Gasteiger partial charge in [-0.1, -0.05) is 66.5 Å². The molecule has 16 heavy (non-hydrogen) atoms. The molecule has 1 unspecified atom stereocenters. The Kier molecular flexibility index (Phi) is 3.52. The van der Waals surface area contributed by atoms with Gasteiger partial charge in [-0.15, -0.1) is 0 Å². The Labute approximate surface area is 106 Å². The van der Waals surface area contributed by atoms with E-state index >= 15 is 0 Å². The molecule has 0 N–H and O–H groups in total. The fraction of sp³-hybridized carbons (Fsp3) is 0.143. The molecule has 2 heteroatoms. The van der Waals surface area contributed by atoms with Crippen molar-refractivity contribution >= 4 is 23.2 Å². The number of hydrogen-bond acceptors (Lipinski definition) is 0. The smallest absolute Gasteiger partial charge is 0.0458 e. The van der Waals surface area contributed by atoms with E-state index < -0.39 is 0 Å². The maximum Gasteiger partial charge on any atom is 0.0458 e. The Morgan fingerprint density at radius 2 is 1.62 bits per heavy atom. The molecule has 0 fully saturated rings. The highest BCUT2D eigenvalue weighted by Gasteiger charge is 2.11. The lowest BCUT2D eigenvalue weighted by Crippen LogP contribution is -1.96. The monoisotopic (exact) mass is 250 g/mol. The van der Waals surface area contributed by atoms with Crippen molar-refractivity contribution in [2.75, 3.05) is 0 Å². The van der Waals surface area contributed by atoms with Crippen LogP contribution < -0.4 is 0 Å². The Hall–Kier alpha value is -0.980. The van der Waals surface area contributed by atoms with Gasteiger partial charge in [0.15, 0.2) is 0 Å². The van der Waals surface area contributed by atoms with Crippen LogP contribution in [-0.4, -0.2) is 0 Å². The molecule has 0 aliphatic rings. The van der Waals surface area contributed by atoms with Gasteiger partial charge < -0.3 is 0 Å². The summed E-state index contributed by atoms with van der Waals surface area (Å²) in [7, 11) is 0. The maximum absolute atomic E-state index is 6.19. The molecule has 0 radical (unpaired) electrons. The fourth-order valence-electron chi connectivity index (χ4n) is 1.77. The van der Waals surface area contributed by atoms with Gasteiger partial charge in [-0.3, -0.25) is 0 Å². The second kappa shape index (κ2) is 4.90. The van der Waals surface area contributed by atoms with E-state index in [9.17, 15) is 0 Å². The summed E-state index contributed by atoms with van der Waals surface area (Å²) in [6.07, 6.45) is 0. The van der Waals surface area contributed by atoms with Gasteiger partial charge in [-0.05, 0) is 23.3 Å². The fourth-order valence-corrected chi connectivity index (χ4v) is 2.35. The van der Waals surface area contributed by atoms with Crippen molar-refractivity contribution in [2.24, 2.45) is 0 Å². The molecule has 0 nitrogen and oxygen atoms in total. The van der Waals surface area contributed by atoms with Crippen molar-refractivity contribution in [1.29, 1.82) is 0 Å². The Morgan fingerprint density at radius 3 is 2.25 bits per heavy atom. The molecule has 0 spiro atoms. The first kappa shape index (κ1) is 11.5. The van der Waals surface area contributed by atoms with Crippen LogP contribution in [0, 0.1) is 0 Å². The van der Waals surface area contributed by atoms with Crippen LogP contribution in [-0.2, 0) is 0 Å². The summed E-state index contributed by atoms with van der Waals surface area (Å²) < 4.78 is 0. The van der Waals surface area contributed by atoms with Gasteiger partial charge in [0.25, 0.3) is 0 Å². The van der Waals surface area contributed by atoms with Gasteiger partial charge in [0.2, 0.25) is 0 Å². The lowest BCUT2D eigenvalue weighted by atomic mass is 9.93. The molecule has 0 aliphatic heterocycles. The molecule has 0 saturated heterocycles. The molecule has 2 aromatic rings. The van der Waals surface area contributed by atoms with Crippen LogP contribution in [0.5, 0.6) is 0 Å². The van der Waals surface area contributed by atoms with Crippen molar-refractivity contribution in [3.63, 3.8) is 0 Å². The average molecular weight is 251 g/mol. The molecule has 0 bridgehead atoms. The summed E-state index contributed by atoms with van der Waals surface area (Å²) in [5.74, 6) is 0.283. The second-order valence-electron chi connectivity index (χ2n) is 3.80. The van der Waals surface area contributed by atoms with Gasteiger partial charge in [-0.25, -0.2) is 0 Å². The zero-order chi connectivity index (χ0) is 11.5. The van der Waals surface area contributed by atoms with Crippen molar-refractivity contribution in [1.82, 2.24) is 0 Å². The van der Waals surface area contributed by atoms with Crippen LogP contribution in [0.25, 0.3) is 0 Å². The van der Waals surface area contributed by atoms with Crippen LogP contribution in [0.2, 0.25) is 10.0 Å². The predicted molar refractivity (Wildman–Crippen MR) is 70.4 cm³/mol. The largest absolute Gasteiger partial charge is 0.0843 e. The van der Waals surface area contributed by atoms with Crippen molar-refractivity contribution in [3.05, 3.63) is 69.7 Å². The predicted octanol–water partition coefficient (Wildman–Crippen LogP) is 5.15. The minimum absolute atomic E-state index is 0.283. The first-order chi connectivity index (χ1) is 7.68. The summed E-state index contributed by atoms with van der Waals surface area (Å²) >= 11 is 12.1. The molecule has 0 heterocycles. The van der Waals surface area contributed by atoms with Crippen molar-refractivity contribution in [3.8, 4) is 0 Å². The number of benzene rings is 2. The third-order valence-corrected chi connectivity index (χ3v) is 3.29. The molecular formula is C14H12Cl2. The number of rotatable bonds is 2. The van der Waals surface area contributed by atoms with Gasteiger partial charge in [0, 0.05) is 16.0 Å². The zero-order valence-corrected chi connectivity index (χ0v) is 10.5. The minimum Gasteiger partial charge on any atom is -0.0843 e. The molecular weight excluding hydrogens is 239 g/mol. The lowest BCUT2D eigenvalue weighted by molar-refractivity contribution is 0.923. The summed E-state index contributed by atoms with van der Waals surface area (Å²) in [6, 6.07) is 16.0. The third kappa shape index (κ3) is 2.40. The van der Waals surface area contributed by atoms with Crippen LogP contribution >= 0.6 is 23.2 Å². The maximum atomic E-state index is 6.19. The van der Waals surface area contributed by atoms with E-state index in [1.807, 2.05) is 30.3 Å². The first-order valence-electron chi connectivity index (χ1n) is 5.18. The van der Waals surface area contributed by atoms with E-state index in [0.717, 1.165) is 10.6 Å². The normalized spacial score (nSPS) is 12.4. The van der Waals surface area contributed by atoms with Crippen molar-refractivity contribution in [2.45, 2.75) is 12.8 Å². The summed E-state index contributed by atoms with van der Waals surface area (Å²) in [6.45, 7) is 2.14. The quantitative estimate of drug-likeness (QED) is 0.692. The zero-order valence-electron chi connectivity index (χ0n) is 8.95. The Balaban J connectivity index is 2.38. The van der Waals surface area contributed by atoms with E-state index in [2.05, 4.69) is 19.1 Å². The highest BCUT2D eigenvalue weighted by atomic mass is 35.5. The van der Waals surface area contributed by atoms with E-state index in [-0.39, 0.29) is 5.92 Å². The summed E-state index contributed by atoms with van der Waals surface area (Å²) in [4.78, 5) is 0. The molecule has 1 atom stereocenters. The highest BCUT2D eigenvalue weighted by Crippen LogP contribution is 2.31. The standard InChI is InChI=1S/C14H12Cl2/c1-10(11-5-3-2-4-6-11)13-8-7-12(15)9-14(13)16/h2-10H,1H3. The van der Waals surface area contributed by atoms with Crippen molar-refractivity contribution < 1.29 is 0 Å². The molecule has 0 amide bonds. The van der Waals surface area contributed by atoms with Gasteiger partial charge in [-0.2, -0.15) is 0 Å². The van der Waals surface area contributed by atoms with Crippen LogP contribution in [0.4, 0.5) is 0 Å². The second-order valence-corrected chi connectivity index (χ2v) is 4.64. The number of hydrogen-bond donors (Lipinski definition) is 0. The minimum atomic E-state index is 0.283. The van der Waals surface area contributed by atoms with Crippen LogP contribution in [0.1, 0.15) is 24.0 Å². The van der Waals surface area contributed by atoms with E-state index in [4.69, 9.17) is 23.2 Å². The molecule has 2 aromatic carbocycles.